The third-order valence-electron chi connectivity index (χ3n) is 4.56. The van der Waals surface area contributed by atoms with Crippen molar-refractivity contribution in [1.82, 2.24) is 0 Å². The van der Waals surface area contributed by atoms with E-state index in [-0.39, 0.29) is 23.9 Å². The van der Waals surface area contributed by atoms with Crippen LogP contribution in [0.2, 0.25) is 0 Å². The van der Waals surface area contributed by atoms with Crippen LogP contribution in [-0.4, -0.2) is 18.2 Å². The summed E-state index contributed by atoms with van der Waals surface area (Å²) in [6.45, 7) is 1.65. The Morgan fingerprint density at radius 3 is 2.62 bits per heavy atom. The van der Waals surface area contributed by atoms with E-state index in [1.165, 1.54) is 18.2 Å². The van der Waals surface area contributed by atoms with Crippen molar-refractivity contribution in [3.8, 4) is 11.5 Å². The molecule has 0 saturated carbocycles. The van der Waals surface area contributed by atoms with E-state index >= 15 is 0 Å². The molecule has 3 aromatic rings. The van der Waals surface area contributed by atoms with E-state index in [0.29, 0.717) is 33.8 Å². The Morgan fingerprint density at radius 2 is 1.86 bits per heavy atom. The van der Waals surface area contributed by atoms with Gasteiger partial charge in [0.1, 0.15) is 17.3 Å². The molecule has 4 nitrogen and oxygen atoms in total. The number of rotatable bonds is 5. The van der Waals surface area contributed by atoms with Gasteiger partial charge in [0, 0.05) is 11.6 Å². The Hall–Kier alpha value is -3.73. The lowest BCUT2D eigenvalue weighted by Gasteiger charge is -2.08. The first-order valence-electron chi connectivity index (χ1n) is 9.07. The Morgan fingerprint density at radius 1 is 1.07 bits per heavy atom. The molecule has 0 radical (unpaired) electrons. The summed E-state index contributed by atoms with van der Waals surface area (Å²) in [6, 6.07) is 18.1. The molecule has 144 valence electrons. The number of allylic oxidation sites excluding steroid dienone is 1. The normalized spacial score (nSPS) is 13.9. The molecule has 5 heteroatoms. The van der Waals surface area contributed by atoms with Gasteiger partial charge in [-0.3, -0.25) is 9.59 Å². The zero-order chi connectivity index (χ0) is 20.4. The smallest absolute Gasteiger partial charge is 0.232 e. The van der Waals surface area contributed by atoms with E-state index in [4.69, 9.17) is 9.47 Å². The number of fused-ring (bicyclic) bond motifs is 1. The van der Waals surface area contributed by atoms with E-state index in [9.17, 15) is 14.0 Å². The fraction of sp³-hybridized carbons (Fsp3) is 0.0833. The van der Waals surface area contributed by atoms with Gasteiger partial charge in [0.05, 0.1) is 5.56 Å². The van der Waals surface area contributed by atoms with Crippen LogP contribution < -0.4 is 9.47 Å². The number of ether oxygens (including phenoxy) is 2. The predicted octanol–water partition coefficient (Wildman–Crippen LogP) is 5.01. The number of Topliss-reactive ketones (excluding diaryl/α,β-unsaturated/α-hetero) is 2. The number of benzene rings is 3. The summed E-state index contributed by atoms with van der Waals surface area (Å²) >= 11 is 0. The summed E-state index contributed by atoms with van der Waals surface area (Å²) in [5.41, 5.74) is 2.22. The number of carbonyl (C=O) groups excluding carboxylic acids is 2. The van der Waals surface area contributed by atoms with Crippen molar-refractivity contribution < 1.29 is 23.5 Å². The first-order chi connectivity index (χ1) is 14.0. The highest BCUT2D eigenvalue weighted by Gasteiger charge is 2.30. The summed E-state index contributed by atoms with van der Waals surface area (Å²) < 4.78 is 24.7. The minimum atomic E-state index is -0.391. The Balaban J connectivity index is 1.54. The Labute approximate surface area is 167 Å². The van der Waals surface area contributed by atoms with Gasteiger partial charge in [0.25, 0.3) is 0 Å². The lowest BCUT2D eigenvalue weighted by atomic mass is 10.0. The summed E-state index contributed by atoms with van der Waals surface area (Å²) in [5, 5.41) is 0. The summed E-state index contributed by atoms with van der Waals surface area (Å²) in [5.74, 6) is 0.106. The average molecular weight is 388 g/mol. The van der Waals surface area contributed by atoms with Gasteiger partial charge in [-0.2, -0.15) is 0 Å². The highest BCUT2D eigenvalue weighted by atomic mass is 19.1. The minimum Gasteiger partial charge on any atom is -0.485 e. The number of hydrogen-bond acceptors (Lipinski definition) is 4. The van der Waals surface area contributed by atoms with Crippen molar-refractivity contribution >= 4 is 17.6 Å². The van der Waals surface area contributed by atoms with Gasteiger partial charge in [0.2, 0.25) is 5.78 Å². The van der Waals surface area contributed by atoms with Gasteiger partial charge in [-0.15, -0.1) is 0 Å². The SMILES string of the molecule is Cc1cc(OCC(=O)c2ccccc2)cc2c1C(=O)/C(=C/c1cccc(F)c1)O2. The highest BCUT2D eigenvalue weighted by molar-refractivity contribution is 6.15. The number of hydrogen-bond donors (Lipinski definition) is 0. The molecular formula is C24H17FO4. The molecule has 0 spiro atoms. The lowest BCUT2D eigenvalue weighted by molar-refractivity contribution is 0.0920. The van der Waals surface area contributed by atoms with Crippen molar-refractivity contribution in [2.45, 2.75) is 6.92 Å². The van der Waals surface area contributed by atoms with Crippen LogP contribution in [0.4, 0.5) is 4.39 Å². The van der Waals surface area contributed by atoms with Crippen LogP contribution in [0.3, 0.4) is 0 Å². The maximum Gasteiger partial charge on any atom is 0.232 e. The van der Waals surface area contributed by atoms with Crippen molar-refractivity contribution in [3.63, 3.8) is 0 Å². The molecule has 0 atom stereocenters. The molecule has 0 saturated heterocycles. The molecule has 0 unspecified atom stereocenters. The van der Waals surface area contributed by atoms with Gasteiger partial charge in [0.15, 0.2) is 18.1 Å². The van der Waals surface area contributed by atoms with Crippen LogP contribution in [0.25, 0.3) is 6.08 Å². The van der Waals surface area contributed by atoms with Crippen molar-refractivity contribution in [2.75, 3.05) is 6.61 Å². The molecule has 1 heterocycles. The third kappa shape index (κ3) is 3.94. The van der Waals surface area contributed by atoms with Gasteiger partial charge >= 0.3 is 0 Å². The molecule has 0 aliphatic carbocycles. The largest absolute Gasteiger partial charge is 0.485 e. The van der Waals surface area contributed by atoms with E-state index in [1.807, 2.05) is 6.07 Å². The first kappa shape index (κ1) is 18.6. The van der Waals surface area contributed by atoms with Gasteiger partial charge in [-0.25, -0.2) is 4.39 Å². The molecule has 0 amide bonds. The van der Waals surface area contributed by atoms with Gasteiger partial charge in [-0.05, 0) is 42.3 Å². The van der Waals surface area contributed by atoms with E-state index in [0.717, 1.165) is 0 Å². The number of halogens is 1. The van der Waals surface area contributed by atoms with Gasteiger partial charge in [-0.1, -0.05) is 42.5 Å². The molecule has 0 N–H and O–H groups in total. The fourth-order valence-corrected chi connectivity index (χ4v) is 3.16. The standard InChI is InChI=1S/C24H17FO4/c1-15-10-19(28-14-20(26)17-7-3-2-4-8-17)13-21-23(15)24(27)22(29-21)12-16-6-5-9-18(25)11-16/h2-13H,14H2,1H3/b22-12-. The fourth-order valence-electron chi connectivity index (χ4n) is 3.16. The average Bonchev–Trinajstić information content (AvgIpc) is 3.02. The zero-order valence-electron chi connectivity index (χ0n) is 15.6. The van der Waals surface area contributed by atoms with E-state index < -0.39 is 5.82 Å². The van der Waals surface area contributed by atoms with Crippen LogP contribution >= 0.6 is 0 Å². The maximum atomic E-state index is 13.4. The summed E-state index contributed by atoms with van der Waals surface area (Å²) in [7, 11) is 0. The monoisotopic (exact) mass is 388 g/mol. The quantitative estimate of drug-likeness (QED) is 0.455. The number of aryl methyl sites for hydroxylation is 1. The number of carbonyl (C=O) groups is 2. The topological polar surface area (TPSA) is 52.6 Å². The van der Waals surface area contributed by atoms with Crippen molar-refractivity contribution in [3.05, 3.63) is 101 Å². The Kier molecular flexibility index (Phi) is 4.96. The maximum absolute atomic E-state index is 13.4. The highest BCUT2D eigenvalue weighted by Crippen LogP contribution is 2.37. The molecule has 4 rings (SSSR count). The second-order valence-electron chi connectivity index (χ2n) is 6.69. The van der Waals surface area contributed by atoms with Crippen molar-refractivity contribution in [1.29, 1.82) is 0 Å². The second kappa shape index (κ2) is 7.72. The summed E-state index contributed by atoms with van der Waals surface area (Å²) in [6.07, 6.45) is 1.50. The third-order valence-corrected chi connectivity index (χ3v) is 4.56. The molecule has 0 fully saturated rings. The van der Waals surface area contributed by atoms with Crippen LogP contribution in [0.1, 0.15) is 31.8 Å². The van der Waals surface area contributed by atoms with E-state index in [1.54, 1.807) is 55.5 Å². The van der Waals surface area contributed by atoms with Crippen LogP contribution in [-0.2, 0) is 0 Å². The predicted molar refractivity (Wildman–Crippen MR) is 107 cm³/mol. The van der Waals surface area contributed by atoms with Crippen LogP contribution in [0, 0.1) is 12.7 Å². The Bertz CT molecular complexity index is 1130. The molecule has 0 aromatic heterocycles. The molecule has 1 aliphatic heterocycles. The lowest BCUT2D eigenvalue weighted by Crippen LogP contribution is -2.11. The van der Waals surface area contributed by atoms with Gasteiger partial charge < -0.3 is 9.47 Å². The second-order valence-corrected chi connectivity index (χ2v) is 6.69. The molecular weight excluding hydrogens is 371 g/mol. The van der Waals surface area contributed by atoms with E-state index in [2.05, 4.69) is 0 Å². The molecule has 29 heavy (non-hydrogen) atoms. The van der Waals surface area contributed by atoms with Crippen LogP contribution in [0.15, 0.2) is 72.5 Å². The number of ketones is 2. The minimum absolute atomic E-state index is 0.117. The van der Waals surface area contributed by atoms with Crippen LogP contribution in [0.5, 0.6) is 11.5 Å². The first-order valence-corrected chi connectivity index (χ1v) is 9.07. The zero-order valence-corrected chi connectivity index (χ0v) is 15.6. The molecule has 0 bridgehead atoms. The molecule has 1 aliphatic rings. The summed E-state index contributed by atoms with van der Waals surface area (Å²) in [4.78, 5) is 24.9. The molecule has 3 aromatic carbocycles. The van der Waals surface area contributed by atoms with Crippen molar-refractivity contribution in [2.24, 2.45) is 0 Å².